The molecule has 0 bridgehead atoms. The zero-order valence-corrected chi connectivity index (χ0v) is 20.7. The van der Waals surface area contributed by atoms with E-state index in [1.807, 2.05) is 60.7 Å². The molecule has 1 aliphatic carbocycles. The van der Waals surface area contributed by atoms with E-state index < -0.39 is 12.8 Å². The quantitative estimate of drug-likeness (QED) is 0.275. The molecule has 6 nitrogen and oxygen atoms in total. The van der Waals surface area contributed by atoms with Crippen molar-refractivity contribution in [3.05, 3.63) is 90.1 Å². The first kappa shape index (κ1) is 25.6. The molecule has 2 aromatic carbocycles. The summed E-state index contributed by atoms with van der Waals surface area (Å²) in [6.07, 6.45) is 6.24. The first-order valence-electron chi connectivity index (χ1n) is 12.7. The number of ketones is 1. The molecule has 0 aliphatic heterocycles. The van der Waals surface area contributed by atoms with Gasteiger partial charge in [0.1, 0.15) is 5.75 Å². The summed E-state index contributed by atoms with van der Waals surface area (Å²) in [5.41, 5.74) is 1.42. The van der Waals surface area contributed by atoms with Crippen molar-refractivity contribution in [1.82, 2.24) is 10.3 Å². The van der Waals surface area contributed by atoms with Gasteiger partial charge in [-0.25, -0.2) is 4.98 Å². The molecule has 0 spiro atoms. The van der Waals surface area contributed by atoms with Crippen molar-refractivity contribution in [3.63, 3.8) is 0 Å². The van der Waals surface area contributed by atoms with Crippen molar-refractivity contribution in [2.45, 2.75) is 51.3 Å². The first-order chi connectivity index (χ1) is 17.5. The van der Waals surface area contributed by atoms with E-state index in [0.717, 1.165) is 24.8 Å². The molecular formula is C29H33BN2O4. The number of aromatic nitrogens is 1. The third-order valence-electron chi connectivity index (χ3n) is 6.87. The number of hydrogen-bond acceptors (Lipinski definition) is 5. The molecule has 4 rings (SSSR count). The van der Waals surface area contributed by atoms with Crippen molar-refractivity contribution in [2.24, 2.45) is 11.8 Å². The number of para-hydroxylation sites is 1. The third-order valence-corrected chi connectivity index (χ3v) is 6.87. The standard InChI is InChI=1S/C29H33BN2O4/c1-30(35)27(18-22-11-8-12-22)32-29(34)24(17-21-9-4-2-5-10-21)19-26(33)23-15-16-28(31-20-23)36-25-13-6-3-7-14-25/h2-7,9-10,13-16,20,22,24,27,35H,8,11-12,17-19H2,1H3,(H,32,34)/t24-,27+/m1/s1. The van der Waals surface area contributed by atoms with Crippen LogP contribution in [0.2, 0.25) is 6.82 Å². The predicted octanol–water partition coefficient (Wildman–Crippen LogP) is 5.13. The molecule has 186 valence electrons. The van der Waals surface area contributed by atoms with Crippen LogP contribution in [0, 0.1) is 11.8 Å². The summed E-state index contributed by atoms with van der Waals surface area (Å²) in [5.74, 6) is 0.383. The van der Waals surface area contributed by atoms with Crippen LogP contribution in [-0.4, -0.2) is 34.6 Å². The Labute approximate surface area is 213 Å². The Kier molecular flexibility index (Phi) is 8.90. The Balaban J connectivity index is 1.44. The summed E-state index contributed by atoms with van der Waals surface area (Å²) in [4.78, 5) is 30.8. The van der Waals surface area contributed by atoms with Crippen LogP contribution in [0.25, 0.3) is 0 Å². The van der Waals surface area contributed by atoms with Crippen LogP contribution in [0.3, 0.4) is 0 Å². The minimum Gasteiger partial charge on any atom is -0.449 e. The minimum atomic E-state index is -0.649. The molecule has 1 aliphatic rings. The largest absolute Gasteiger partial charge is 0.449 e. The Hall–Kier alpha value is -3.45. The second-order valence-corrected chi connectivity index (χ2v) is 9.70. The fourth-order valence-corrected chi connectivity index (χ4v) is 4.48. The van der Waals surface area contributed by atoms with Crippen molar-refractivity contribution in [2.75, 3.05) is 0 Å². The van der Waals surface area contributed by atoms with E-state index in [1.54, 1.807) is 19.0 Å². The van der Waals surface area contributed by atoms with Crippen molar-refractivity contribution >= 4 is 18.6 Å². The maximum absolute atomic E-state index is 13.4. The van der Waals surface area contributed by atoms with Crippen LogP contribution in [0.15, 0.2) is 79.0 Å². The lowest BCUT2D eigenvalue weighted by Gasteiger charge is -2.31. The summed E-state index contributed by atoms with van der Waals surface area (Å²) < 4.78 is 5.71. The van der Waals surface area contributed by atoms with Crippen molar-refractivity contribution in [3.8, 4) is 11.6 Å². The average molecular weight is 484 g/mol. The number of ether oxygens (including phenoxy) is 1. The van der Waals surface area contributed by atoms with E-state index in [1.165, 1.54) is 12.6 Å². The van der Waals surface area contributed by atoms with E-state index in [4.69, 9.17) is 4.74 Å². The molecule has 1 aromatic heterocycles. The normalized spacial score (nSPS) is 14.8. The number of amides is 1. The van der Waals surface area contributed by atoms with Gasteiger partial charge in [-0.3, -0.25) is 9.59 Å². The summed E-state index contributed by atoms with van der Waals surface area (Å²) in [7, 11) is 0. The SMILES string of the molecule is CB(O)[C@H](CC1CCC1)NC(=O)[C@@H](CC(=O)c1ccc(Oc2ccccc2)nc1)Cc1ccccc1. The van der Waals surface area contributed by atoms with Gasteiger partial charge in [-0.1, -0.05) is 74.6 Å². The molecule has 7 heteroatoms. The monoisotopic (exact) mass is 484 g/mol. The van der Waals surface area contributed by atoms with Gasteiger partial charge >= 0.3 is 6.92 Å². The van der Waals surface area contributed by atoms with Gasteiger partial charge in [0.25, 0.3) is 0 Å². The highest BCUT2D eigenvalue weighted by molar-refractivity contribution is 6.51. The first-order valence-corrected chi connectivity index (χ1v) is 12.7. The fraction of sp³-hybridized carbons (Fsp3) is 0.345. The van der Waals surface area contributed by atoms with Crippen LogP contribution in [-0.2, 0) is 11.2 Å². The molecule has 3 aromatic rings. The third kappa shape index (κ3) is 7.28. The van der Waals surface area contributed by atoms with Gasteiger partial charge in [0.05, 0.1) is 0 Å². The molecule has 1 heterocycles. The number of nitrogens with zero attached hydrogens (tertiary/aromatic N) is 1. The average Bonchev–Trinajstić information content (AvgIpc) is 2.86. The van der Waals surface area contributed by atoms with E-state index >= 15 is 0 Å². The molecule has 1 amide bonds. The maximum Gasteiger partial charge on any atom is 0.308 e. The van der Waals surface area contributed by atoms with Gasteiger partial charge in [-0.15, -0.1) is 0 Å². The van der Waals surface area contributed by atoms with Crippen LogP contribution in [0.5, 0.6) is 11.6 Å². The molecule has 1 saturated carbocycles. The molecule has 2 atom stereocenters. The van der Waals surface area contributed by atoms with Crippen LogP contribution >= 0.6 is 0 Å². The van der Waals surface area contributed by atoms with E-state index in [2.05, 4.69) is 10.3 Å². The summed E-state index contributed by atoms with van der Waals surface area (Å²) >= 11 is 0. The minimum absolute atomic E-state index is 0.0528. The summed E-state index contributed by atoms with van der Waals surface area (Å²) in [5, 5.41) is 13.3. The van der Waals surface area contributed by atoms with Crippen LogP contribution < -0.4 is 10.1 Å². The lowest BCUT2D eigenvalue weighted by atomic mass is 9.59. The zero-order valence-electron chi connectivity index (χ0n) is 20.7. The number of hydrogen-bond donors (Lipinski definition) is 2. The van der Waals surface area contributed by atoms with Gasteiger partial charge in [0.15, 0.2) is 5.78 Å². The number of rotatable bonds is 12. The molecule has 0 saturated heterocycles. The lowest BCUT2D eigenvalue weighted by molar-refractivity contribution is -0.125. The molecule has 0 radical (unpaired) electrons. The Morgan fingerprint density at radius 1 is 1.06 bits per heavy atom. The Morgan fingerprint density at radius 3 is 2.33 bits per heavy atom. The number of benzene rings is 2. The second-order valence-electron chi connectivity index (χ2n) is 9.70. The number of carbonyl (C=O) groups is 2. The van der Waals surface area contributed by atoms with Gasteiger partial charge in [0.2, 0.25) is 11.8 Å². The number of nitrogens with one attached hydrogen (secondary N) is 1. The molecule has 0 unspecified atom stereocenters. The van der Waals surface area contributed by atoms with Crippen LogP contribution in [0.4, 0.5) is 0 Å². The van der Waals surface area contributed by atoms with E-state index in [9.17, 15) is 14.6 Å². The van der Waals surface area contributed by atoms with Crippen LogP contribution in [0.1, 0.15) is 48.0 Å². The van der Waals surface area contributed by atoms with Crippen molar-refractivity contribution in [1.29, 1.82) is 0 Å². The number of pyridine rings is 1. The van der Waals surface area contributed by atoms with Gasteiger partial charge < -0.3 is 15.1 Å². The summed E-state index contributed by atoms with van der Waals surface area (Å²) in [6.45, 7) is 1.06. The van der Waals surface area contributed by atoms with Gasteiger partial charge in [0, 0.05) is 36.1 Å². The predicted molar refractivity (Wildman–Crippen MR) is 141 cm³/mol. The van der Waals surface area contributed by atoms with Crippen molar-refractivity contribution < 1.29 is 19.3 Å². The molecule has 36 heavy (non-hydrogen) atoms. The number of Topliss-reactive ketones (excluding diaryl/α,β-unsaturated/α-hetero) is 1. The maximum atomic E-state index is 13.4. The fourth-order valence-electron chi connectivity index (χ4n) is 4.48. The Bertz CT molecular complexity index is 1120. The highest BCUT2D eigenvalue weighted by atomic mass is 16.5. The molecule has 1 fully saturated rings. The Morgan fingerprint density at radius 2 is 1.75 bits per heavy atom. The lowest BCUT2D eigenvalue weighted by Crippen LogP contribution is -2.49. The molecular weight excluding hydrogens is 451 g/mol. The number of carbonyl (C=O) groups excluding carboxylic acids is 2. The topological polar surface area (TPSA) is 88.5 Å². The highest BCUT2D eigenvalue weighted by Crippen LogP contribution is 2.31. The summed E-state index contributed by atoms with van der Waals surface area (Å²) in [6, 6.07) is 22.4. The highest BCUT2D eigenvalue weighted by Gasteiger charge is 2.31. The zero-order chi connectivity index (χ0) is 25.3. The van der Waals surface area contributed by atoms with Gasteiger partial charge in [-0.05, 0) is 42.5 Å². The van der Waals surface area contributed by atoms with E-state index in [-0.39, 0.29) is 24.1 Å². The molecule has 2 N–H and O–H groups in total. The smallest absolute Gasteiger partial charge is 0.308 e. The second kappa shape index (κ2) is 12.5. The van der Waals surface area contributed by atoms with Gasteiger partial charge in [-0.2, -0.15) is 0 Å². The van der Waals surface area contributed by atoms with E-state index in [0.29, 0.717) is 29.5 Å².